The van der Waals surface area contributed by atoms with Gasteiger partial charge in [-0.05, 0) is 12.1 Å². The molecule has 2 aromatic rings. The molecule has 0 amide bonds. The van der Waals surface area contributed by atoms with Crippen LogP contribution in [0.1, 0.15) is 5.69 Å². The lowest BCUT2D eigenvalue weighted by atomic mass is 10.2. The maximum atomic E-state index is 13.4. The van der Waals surface area contributed by atoms with Crippen molar-refractivity contribution in [1.29, 1.82) is 0 Å². The molecule has 3 nitrogen and oxygen atoms in total. The summed E-state index contributed by atoms with van der Waals surface area (Å²) >= 11 is 0. The van der Waals surface area contributed by atoms with Crippen molar-refractivity contribution < 1.29 is 9.23 Å². The van der Waals surface area contributed by atoms with Crippen LogP contribution in [0.5, 0.6) is 0 Å². The number of aryl methyl sites for hydroxylation is 1. The number of hydrogen-bond donors (Lipinski definition) is 1. The summed E-state index contributed by atoms with van der Waals surface area (Å²) in [5, 5.41) is 0.861. The first kappa shape index (κ1) is 9.18. The monoisotopic (exact) mass is 194 g/mol. The fourth-order valence-corrected chi connectivity index (χ4v) is 1.65. The quantitative estimate of drug-likeness (QED) is 0.739. The highest BCUT2D eigenvalue weighted by molar-refractivity contribution is 5.81. The number of nitrogens with zero attached hydrogens (tertiary/aromatic N) is 1. The van der Waals surface area contributed by atoms with E-state index in [9.17, 15) is 4.39 Å². The van der Waals surface area contributed by atoms with E-state index in [2.05, 4.69) is 4.84 Å². The van der Waals surface area contributed by atoms with Gasteiger partial charge >= 0.3 is 0 Å². The molecule has 1 heterocycles. The molecule has 74 valence electrons. The van der Waals surface area contributed by atoms with Crippen molar-refractivity contribution in [2.45, 2.75) is 6.61 Å². The van der Waals surface area contributed by atoms with E-state index < -0.39 is 0 Å². The second-order valence-corrected chi connectivity index (χ2v) is 3.18. The number of benzene rings is 1. The predicted octanol–water partition coefficient (Wildman–Crippen LogP) is 1.71. The average Bonchev–Trinajstić information content (AvgIpc) is 2.46. The first-order chi connectivity index (χ1) is 6.74. The van der Waals surface area contributed by atoms with E-state index in [1.165, 1.54) is 6.07 Å². The lowest BCUT2D eigenvalue weighted by Gasteiger charge is -2.02. The van der Waals surface area contributed by atoms with Gasteiger partial charge in [0.25, 0.3) is 0 Å². The third-order valence-corrected chi connectivity index (χ3v) is 2.34. The molecule has 14 heavy (non-hydrogen) atoms. The van der Waals surface area contributed by atoms with E-state index in [1.54, 1.807) is 17.7 Å². The molecule has 0 bridgehead atoms. The smallest absolute Gasteiger partial charge is 0.147 e. The van der Waals surface area contributed by atoms with Gasteiger partial charge in [0.15, 0.2) is 0 Å². The molecule has 2 N–H and O–H groups in total. The van der Waals surface area contributed by atoms with Crippen LogP contribution in [0.15, 0.2) is 24.3 Å². The fourth-order valence-electron chi connectivity index (χ4n) is 1.65. The maximum absolute atomic E-state index is 13.4. The minimum absolute atomic E-state index is 0.228. The Kier molecular flexibility index (Phi) is 2.23. The van der Waals surface area contributed by atoms with Crippen molar-refractivity contribution in [3.8, 4) is 0 Å². The van der Waals surface area contributed by atoms with E-state index in [0.29, 0.717) is 5.52 Å². The van der Waals surface area contributed by atoms with Crippen LogP contribution < -0.4 is 5.90 Å². The maximum Gasteiger partial charge on any atom is 0.147 e. The molecule has 0 aliphatic carbocycles. The van der Waals surface area contributed by atoms with Crippen LogP contribution in [-0.4, -0.2) is 4.57 Å². The van der Waals surface area contributed by atoms with Crippen LogP contribution in [0.2, 0.25) is 0 Å². The molecule has 0 spiro atoms. The van der Waals surface area contributed by atoms with Crippen molar-refractivity contribution in [1.82, 2.24) is 4.57 Å². The molecule has 0 aliphatic heterocycles. The summed E-state index contributed by atoms with van der Waals surface area (Å²) < 4.78 is 15.2. The van der Waals surface area contributed by atoms with E-state index in [4.69, 9.17) is 5.90 Å². The lowest BCUT2D eigenvalue weighted by molar-refractivity contribution is 0.119. The molecule has 1 aromatic heterocycles. The number of aromatic nitrogens is 1. The summed E-state index contributed by atoms with van der Waals surface area (Å²) in [6, 6.07) is 6.85. The molecule has 2 rings (SSSR count). The average molecular weight is 194 g/mol. The van der Waals surface area contributed by atoms with Gasteiger partial charge < -0.3 is 4.57 Å². The van der Waals surface area contributed by atoms with Gasteiger partial charge in [0.1, 0.15) is 12.4 Å². The molecular formula is C10H11FN2O. The highest BCUT2D eigenvalue weighted by atomic mass is 19.1. The van der Waals surface area contributed by atoms with Gasteiger partial charge in [-0.1, -0.05) is 12.1 Å². The van der Waals surface area contributed by atoms with Crippen molar-refractivity contribution in [2.75, 3.05) is 0 Å². The fraction of sp³-hybridized carbons (Fsp3) is 0.200. The van der Waals surface area contributed by atoms with Gasteiger partial charge in [0.2, 0.25) is 0 Å². The summed E-state index contributed by atoms with van der Waals surface area (Å²) in [7, 11) is 1.79. The summed E-state index contributed by atoms with van der Waals surface area (Å²) in [5.41, 5.74) is 1.44. The summed E-state index contributed by atoms with van der Waals surface area (Å²) in [6.45, 7) is 0.282. The topological polar surface area (TPSA) is 40.2 Å². The van der Waals surface area contributed by atoms with Gasteiger partial charge in [-0.25, -0.2) is 10.3 Å². The SMILES string of the molecule is Cn1c(CON)cc2cccc(F)c21. The third kappa shape index (κ3) is 1.29. The zero-order valence-electron chi connectivity index (χ0n) is 7.83. The molecule has 0 saturated carbocycles. The Bertz CT molecular complexity index is 464. The number of nitrogens with two attached hydrogens (primary N) is 1. The number of hydrogen-bond acceptors (Lipinski definition) is 2. The van der Waals surface area contributed by atoms with E-state index in [1.807, 2.05) is 12.1 Å². The molecule has 0 unspecified atom stereocenters. The van der Waals surface area contributed by atoms with E-state index >= 15 is 0 Å². The molecule has 4 heteroatoms. The van der Waals surface area contributed by atoms with Crippen LogP contribution in [0.3, 0.4) is 0 Å². The number of fused-ring (bicyclic) bond motifs is 1. The Labute approximate surface area is 80.8 Å². The Hall–Kier alpha value is -1.39. The first-order valence-corrected chi connectivity index (χ1v) is 4.28. The zero-order valence-corrected chi connectivity index (χ0v) is 7.83. The highest BCUT2D eigenvalue weighted by Gasteiger charge is 2.08. The minimum atomic E-state index is -0.228. The highest BCUT2D eigenvalue weighted by Crippen LogP contribution is 2.21. The molecule has 0 fully saturated rings. The van der Waals surface area contributed by atoms with Crippen LogP contribution in [0, 0.1) is 5.82 Å². The van der Waals surface area contributed by atoms with Gasteiger partial charge in [-0.15, -0.1) is 0 Å². The summed E-state index contributed by atoms with van der Waals surface area (Å²) in [4.78, 5) is 4.53. The normalized spacial score (nSPS) is 11.1. The van der Waals surface area contributed by atoms with E-state index in [0.717, 1.165) is 11.1 Å². The zero-order chi connectivity index (χ0) is 10.1. The van der Waals surface area contributed by atoms with Crippen molar-refractivity contribution >= 4 is 10.9 Å². The van der Waals surface area contributed by atoms with E-state index in [-0.39, 0.29) is 12.4 Å². The van der Waals surface area contributed by atoms with Crippen LogP contribution in [0.4, 0.5) is 4.39 Å². The van der Waals surface area contributed by atoms with Crippen molar-refractivity contribution in [3.05, 3.63) is 35.8 Å². The Morgan fingerprint density at radius 2 is 2.29 bits per heavy atom. The predicted molar refractivity (Wildman–Crippen MR) is 51.9 cm³/mol. The van der Waals surface area contributed by atoms with Gasteiger partial charge in [0, 0.05) is 18.1 Å². The molecular weight excluding hydrogens is 183 g/mol. The molecule has 1 aromatic carbocycles. The van der Waals surface area contributed by atoms with Gasteiger partial charge in [-0.2, -0.15) is 0 Å². The summed E-state index contributed by atoms with van der Waals surface area (Å²) in [5.74, 6) is 4.75. The van der Waals surface area contributed by atoms with Crippen molar-refractivity contribution in [3.63, 3.8) is 0 Å². The Morgan fingerprint density at radius 3 is 2.93 bits per heavy atom. The van der Waals surface area contributed by atoms with Crippen molar-refractivity contribution in [2.24, 2.45) is 12.9 Å². The lowest BCUT2D eigenvalue weighted by Crippen LogP contribution is -2.03. The Balaban J connectivity index is 2.68. The van der Waals surface area contributed by atoms with Gasteiger partial charge in [-0.3, -0.25) is 4.84 Å². The third-order valence-electron chi connectivity index (χ3n) is 2.34. The first-order valence-electron chi connectivity index (χ1n) is 4.28. The minimum Gasteiger partial charge on any atom is -0.343 e. The van der Waals surface area contributed by atoms with Crippen LogP contribution in [0.25, 0.3) is 10.9 Å². The van der Waals surface area contributed by atoms with Crippen LogP contribution >= 0.6 is 0 Å². The Morgan fingerprint density at radius 1 is 1.50 bits per heavy atom. The largest absolute Gasteiger partial charge is 0.343 e. The number of para-hydroxylation sites is 1. The molecule has 0 atom stereocenters. The number of rotatable bonds is 2. The standard InChI is InChI=1S/C10H11FN2O/c1-13-8(6-14-12)5-7-3-2-4-9(11)10(7)13/h2-5H,6,12H2,1H3. The molecule has 0 saturated heterocycles. The second kappa shape index (κ2) is 3.40. The van der Waals surface area contributed by atoms with Crippen LogP contribution in [-0.2, 0) is 18.5 Å². The number of halogens is 1. The molecule has 0 aliphatic rings. The second-order valence-electron chi connectivity index (χ2n) is 3.18. The van der Waals surface area contributed by atoms with Gasteiger partial charge in [0.05, 0.1) is 5.52 Å². The summed E-state index contributed by atoms with van der Waals surface area (Å²) in [6.07, 6.45) is 0. The molecule has 0 radical (unpaired) electrons.